The molecular weight excluding hydrogens is 304 g/mol. The molecule has 1 aromatic heterocycles. The number of nitrogens with zero attached hydrogens (tertiary/aromatic N) is 1. The highest BCUT2D eigenvalue weighted by Gasteiger charge is 2.33. The molecule has 0 bridgehead atoms. The van der Waals surface area contributed by atoms with Crippen LogP contribution in [0, 0.1) is 0 Å². The summed E-state index contributed by atoms with van der Waals surface area (Å²) in [7, 11) is 0. The molecule has 118 valence electrons. The number of amides is 1. The van der Waals surface area contributed by atoms with Gasteiger partial charge in [-0.05, 0) is 25.5 Å². The van der Waals surface area contributed by atoms with Crippen LogP contribution >= 0.6 is 23.1 Å². The van der Waals surface area contributed by atoms with Crippen LogP contribution in [0.15, 0.2) is 0 Å². The molecule has 1 fully saturated rings. The maximum atomic E-state index is 12.3. The number of aromatic nitrogens is 1. The van der Waals surface area contributed by atoms with E-state index in [1.807, 2.05) is 11.8 Å². The van der Waals surface area contributed by atoms with Gasteiger partial charge < -0.3 is 16.4 Å². The number of carbonyl (C=O) groups is 1. The number of hydrogen-bond acceptors (Lipinski definition) is 6. The monoisotopic (exact) mass is 328 g/mol. The van der Waals surface area contributed by atoms with Crippen LogP contribution in [0.25, 0.3) is 0 Å². The van der Waals surface area contributed by atoms with Crippen molar-refractivity contribution in [2.45, 2.75) is 43.8 Å². The van der Waals surface area contributed by atoms with Gasteiger partial charge >= 0.3 is 0 Å². The van der Waals surface area contributed by atoms with Crippen molar-refractivity contribution < 1.29 is 4.79 Å². The predicted molar refractivity (Wildman–Crippen MR) is 92.4 cm³/mol. The summed E-state index contributed by atoms with van der Waals surface area (Å²) < 4.78 is 0.207. The number of thiazole rings is 1. The van der Waals surface area contributed by atoms with E-state index in [1.54, 1.807) is 0 Å². The van der Waals surface area contributed by atoms with Crippen molar-refractivity contribution in [2.24, 2.45) is 0 Å². The van der Waals surface area contributed by atoms with Crippen LogP contribution in [0.5, 0.6) is 0 Å². The van der Waals surface area contributed by atoms with Gasteiger partial charge in [0.05, 0.1) is 0 Å². The van der Waals surface area contributed by atoms with Crippen LogP contribution in [0.4, 0.5) is 10.9 Å². The van der Waals surface area contributed by atoms with E-state index in [4.69, 9.17) is 5.73 Å². The molecule has 1 saturated carbocycles. The zero-order valence-electron chi connectivity index (χ0n) is 12.7. The SMILES string of the molecule is CCCNc1nc(N)c(C(=O)NCC2(SC)CCCC2)s1. The average molecular weight is 329 g/mol. The third-order valence-corrected chi connectivity index (χ3v) is 6.35. The molecule has 0 unspecified atom stereocenters. The summed E-state index contributed by atoms with van der Waals surface area (Å²) in [4.78, 5) is 17.0. The minimum absolute atomic E-state index is 0.102. The van der Waals surface area contributed by atoms with Crippen molar-refractivity contribution in [2.75, 3.05) is 30.4 Å². The van der Waals surface area contributed by atoms with Crippen molar-refractivity contribution in [1.82, 2.24) is 10.3 Å². The van der Waals surface area contributed by atoms with E-state index in [0.717, 1.165) is 18.1 Å². The highest BCUT2D eigenvalue weighted by Crippen LogP contribution is 2.39. The molecule has 1 heterocycles. The number of hydrogen-bond donors (Lipinski definition) is 3. The van der Waals surface area contributed by atoms with E-state index in [-0.39, 0.29) is 10.7 Å². The Morgan fingerprint density at radius 1 is 1.48 bits per heavy atom. The van der Waals surface area contributed by atoms with Crippen molar-refractivity contribution in [3.8, 4) is 0 Å². The molecule has 0 atom stereocenters. The number of rotatable bonds is 7. The first-order chi connectivity index (χ1) is 10.1. The van der Waals surface area contributed by atoms with Crippen LogP contribution in [0.2, 0.25) is 0 Å². The Labute approximate surface area is 134 Å². The third kappa shape index (κ3) is 4.03. The summed E-state index contributed by atoms with van der Waals surface area (Å²) in [6, 6.07) is 0. The van der Waals surface area contributed by atoms with Crippen LogP contribution in [-0.4, -0.2) is 35.0 Å². The van der Waals surface area contributed by atoms with Gasteiger partial charge in [-0.15, -0.1) is 0 Å². The second-order valence-corrected chi connectivity index (χ2v) is 7.71. The van der Waals surface area contributed by atoms with Crippen molar-refractivity contribution in [1.29, 1.82) is 0 Å². The molecule has 5 nitrogen and oxygen atoms in total. The second kappa shape index (κ2) is 7.35. The Morgan fingerprint density at radius 2 is 2.19 bits per heavy atom. The predicted octanol–water partition coefficient (Wildman–Crippen LogP) is 2.95. The fraction of sp³-hybridized carbons (Fsp3) is 0.714. The van der Waals surface area contributed by atoms with E-state index in [1.165, 1.54) is 37.0 Å². The van der Waals surface area contributed by atoms with Crippen molar-refractivity contribution in [3.63, 3.8) is 0 Å². The Bertz CT molecular complexity index is 483. The van der Waals surface area contributed by atoms with E-state index in [0.29, 0.717) is 17.2 Å². The minimum Gasteiger partial charge on any atom is -0.382 e. The lowest BCUT2D eigenvalue weighted by atomic mass is 10.1. The molecule has 0 radical (unpaired) electrons. The highest BCUT2D eigenvalue weighted by atomic mass is 32.2. The van der Waals surface area contributed by atoms with E-state index < -0.39 is 0 Å². The summed E-state index contributed by atoms with van der Waals surface area (Å²) in [6.45, 7) is 3.63. The number of nitrogens with two attached hydrogens (primary N) is 1. The van der Waals surface area contributed by atoms with Crippen LogP contribution in [0.1, 0.15) is 48.7 Å². The molecule has 7 heteroatoms. The Kier molecular flexibility index (Phi) is 5.75. The van der Waals surface area contributed by atoms with Gasteiger partial charge in [0.15, 0.2) is 5.13 Å². The summed E-state index contributed by atoms with van der Waals surface area (Å²) in [5, 5.41) is 6.94. The van der Waals surface area contributed by atoms with Crippen LogP contribution in [0.3, 0.4) is 0 Å². The first-order valence-electron chi connectivity index (χ1n) is 7.44. The molecule has 2 rings (SSSR count). The van der Waals surface area contributed by atoms with Gasteiger partial charge in [0.2, 0.25) is 0 Å². The molecule has 0 aliphatic heterocycles. The number of carbonyl (C=O) groups excluding carboxylic acids is 1. The number of nitrogens with one attached hydrogen (secondary N) is 2. The average Bonchev–Trinajstić information content (AvgIpc) is 3.10. The zero-order valence-corrected chi connectivity index (χ0v) is 14.3. The normalized spacial score (nSPS) is 16.9. The molecule has 1 amide bonds. The summed E-state index contributed by atoms with van der Waals surface area (Å²) >= 11 is 3.20. The maximum absolute atomic E-state index is 12.3. The molecule has 0 spiro atoms. The van der Waals surface area contributed by atoms with Gasteiger partial charge in [-0.1, -0.05) is 31.1 Å². The topological polar surface area (TPSA) is 80.0 Å². The van der Waals surface area contributed by atoms with Gasteiger partial charge in [-0.25, -0.2) is 4.98 Å². The smallest absolute Gasteiger partial charge is 0.265 e. The summed E-state index contributed by atoms with van der Waals surface area (Å²) in [6.07, 6.45) is 8.00. The standard InChI is InChI=1S/C14H24N4OS2/c1-3-8-16-13-18-11(15)10(21-13)12(19)17-9-14(20-2)6-4-5-7-14/h3-9,15H2,1-2H3,(H,16,18)(H,17,19). The Balaban J connectivity index is 1.95. The van der Waals surface area contributed by atoms with Crippen LogP contribution < -0.4 is 16.4 Å². The van der Waals surface area contributed by atoms with Gasteiger partial charge in [-0.3, -0.25) is 4.79 Å². The molecule has 0 aromatic carbocycles. The lowest BCUT2D eigenvalue weighted by Crippen LogP contribution is -2.38. The summed E-state index contributed by atoms with van der Waals surface area (Å²) in [5.74, 6) is 0.218. The molecule has 1 aliphatic carbocycles. The van der Waals surface area contributed by atoms with Gasteiger partial charge in [0.1, 0.15) is 10.7 Å². The Morgan fingerprint density at radius 3 is 2.81 bits per heavy atom. The largest absolute Gasteiger partial charge is 0.382 e. The fourth-order valence-corrected chi connectivity index (χ4v) is 4.34. The number of thioether (sulfide) groups is 1. The molecule has 1 aromatic rings. The molecular formula is C14H24N4OS2. The minimum atomic E-state index is -0.102. The Hall–Kier alpha value is -0.950. The quantitative estimate of drug-likeness (QED) is 0.717. The van der Waals surface area contributed by atoms with Gasteiger partial charge in [0, 0.05) is 17.8 Å². The third-order valence-electron chi connectivity index (χ3n) is 3.90. The fourth-order valence-electron chi connectivity index (χ4n) is 2.60. The molecule has 4 N–H and O–H groups in total. The van der Waals surface area contributed by atoms with Crippen molar-refractivity contribution >= 4 is 40.0 Å². The number of nitrogen functional groups attached to an aromatic ring is 1. The molecule has 21 heavy (non-hydrogen) atoms. The molecule has 1 aliphatic rings. The van der Waals surface area contributed by atoms with E-state index in [2.05, 4.69) is 28.8 Å². The zero-order chi connectivity index (χ0) is 15.3. The van der Waals surface area contributed by atoms with Crippen LogP contribution in [-0.2, 0) is 0 Å². The summed E-state index contributed by atoms with van der Waals surface area (Å²) in [5.41, 5.74) is 5.86. The number of anilines is 2. The highest BCUT2D eigenvalue weighted by molar-refractivity contribution is 8.00. The lowest BCUT2D eigenvalue weighted by molar-refractivity contribution is 0.0954. The van der Waals surface area contributed by atoms with E-state index >= 15 is 0 Å². The first-order valence-corrected chi connectivity index (χ1v) is 9.48. The second-order valence-electron chi connectivity index (χ2n) is 5.44. The van der Waals surface area contributed by atoms with Crippen molar-refractivity contribution in [3.05, 3.63) is 4.88 Å². The first kappa shape index (κ1) is 16.4. The molecule has 0 saturated heterocycles. The van der Waals surface area contributed by atoms with E-state index in [9.17, 15) is 4.79 Å². The lowest BCUT2D eigenvalue weighted by Gasteiger charge is -2.26. The van der Waals surface area contributed by atoms with Gasteiger partial charge in [0.25, 0.3) is 5.91 Å². The van der Waals surface area contributed by atoms with Gasteiger partial charge in [-0.2, -0.15) is 11.8 Å². The maximum Gasteiger partial charge on any atom is 0.265 e.